The zero-order valence-corrected chi connectivity index (χ0v) is 20.7. The maximum absolute atomic E-state index is 13.5. The van der Waals surface area contributed by atoms with Crippen LogP contribution in [0.5, 0.6) is 0 Å². The number of imide groups is 1. The number of anilines is 2. The summed E-state index contributed by atoms with van der Waals surface area (Å²) in [4.78, 5) is 29.7. The molecule has 0 aliphatic carbocycles. The smallest absolute Gasteiger partial charge is 0.283 e. The van der Waals surface area contributed by atoms with E-state index >= 15 is 0 Å². The first-order chi connectivity index (χ1) is 16.5. The molecule has 0 saturated carbocycles. The molecule has 1 aliphatic heterocycles. The third-order valence-corrected chi connectivity index (χ3v) is 7.02. The predicted molar refractivity (Wildman–Crippen MR) is 141 cm³/mol. The summed E-state index contributed by atoms with van der Waals surface area (Å²) in [6.07, 6.45) is 4.18. The Bertz CT molecular complexity index is 1200. The van der Waals surface area contributed by atoms with Gasteiger partial charge in [0.1, 0.15) is 10.6 Å². The summed E-state index contributed by atoms with van der Waals surface area (Å²) >= 11 is 1.32. The Hall–Kier alpha value is -3.31. The predicted octanol–water partition coefficient (Wildman–Crippen LogP) is 6.89. The highest BCUT2D eigenvalue weighted by Crippen LogP contribution is 2.38. The van der Waals surface area contributed by atoms with E-state index < -0.39 is 0 Å². The van der Waals surface area contributed by atoms with Crippen LogP contribution < -0.4 is 10.2 Å². The summed E-state index contributed by atoms with van der Waals surface area (Å²) in [5.41, 5.74) is 5.26. The molecule has 1 heterocycles. The molecule has 4 nitrogen and oxygen atoms in total. The lowest BCUT2D eigenvalue weighted by molar-refractivity contribution is -0.120. The Morgan fingerprint density at radius 3 is 2.06 bits per heavy atom. The minimum absolute atomic E-state index is 0.301. The van der Waals surface area contributed by atoms with Gasteiger partial charge in [0.2, 0.25) is 0 Å². The van der Waals surface area contributed by atoms with Gasteiger partial charge in [0, 0.05) is 10.6 Å². The number of carbonyl (C=O) groups is 2. The molecule has 2 amide bonds. The van der Waals surface area contributed by atoms with Crippen molar-refractivity contribution in [1.82, 2.24) is 0 Å². The number of hydrogen-bond acceptors (Lipinski definition) is 4. The molecule has 174 valence electrons. The van der Waals surface area contributed by atoms with Crippen molar-refractivity contribution in [3.8, 4) is 0 Å². The summed E-state index contributed by atoms with van der Waals surface area (Å²) in [5.74, 6) is -0.634. The molecular formula is C29H30N2O2S. The van der Waals surface area contributed by atoms with Gasteiger partial charge in [-0.25, -0.2) is 4.90 Å². The van der Waals surface area contributed by atoms with Crippen LogP contribution in [0.1, 0.15) is 43.4 Å². The molecule has 4 rings (SSSR count). The van der Waals surface area contributed by atoms with Crippen molar-refractivity contribution < 1.29 is 9.59 Å². The van der Waals surface area contributed by atoms with Gasteiger partial charge in [-0.3, -0.25) is 9.59 Å². The molecule has 0 spiro atoms. The summed E-state index contributed by atoms with van der Waals surface area (Å²) < 4.78 is 0. The number of thioether (sulfide) groups is 1. The molecule has 1 aliphatic rings. The highest BCUT2D eigenvalue weighted by molar-refractivity contribution is 8.04. The fourth-order valence-electron chi connectivity index (χ4n) is 3.83. The van der Waals surface area contributed by atoms with Crippen LogP contribution in [0.25, 0.3) is 0 Å². The van der Waals surface area contributed by atoms with Gasteiger partial charge < -0.3 is 5.32 Å². The second-order valence-electron chi connectivity index (χ2n) is 8.51. The monoisotopic (exact) mass is 470 g/mol. The quantitative estimate of drug-likeness (QED) is 0.346. The highest BCUT2D eigenvalue weighted by atomic mass is 32.2. The number of rotatable bonds is 9. The van der Waals surface area contributed by atoms with Gasteiger partial charge in [-0.2, -0.15) is 0 Å². The average molecular weight is 471 g/mol. The van der Waals surface area contributed by atoms with E-state index in [1.54, 1.807) is 0 Å². The van der Waals surface area contributed by atoms with Crippen molar-refractivity contribution in [2.75, 3.05) is 10.2 Å². The molecule has 0 unspecified atom stereocenters. The maximum Gasteiger partial charge on any atom is 0.283 e. The van der Waals surface area contributed by atoms with E-state index in [2.05, 4.69) is 19.2 Å². The maximum atomic E-state index is 13.5. The molecule has 34 heavy (non-hydrogen) atoms. The number of aryl methyl sites for hydroxylation is 3. The molecule has 0 saturated heterocycles. The van der Waals surface area contributed by atoms with Crippen LogP contribution in [-0.4, -0.2) is 11.8 Å². The average Bonchev–Trinajstić information content (AvgIpc) is 3.08. The molecule has 0 bridgehead atoms. The Kier molecular flexibility index (Phi) is 7.53. The Balaban J connectivity index is 1.66. The van der Waals surface area contributed by atoms with Crippen molar-refractivity contribution >= 4 is 35.0 Å². The lowest BCUT2D eigenvalue weighted by Crippen LogP contribution is -2.32. The SMILES string of the molecule is CCCCc1ccc(N2C(=O)C(Nc3ccc(CC)cc3)=C(Sc3ccc(C)cc3)C2=O)cc1. The molecule has 0 radical (unpaired) electrons. The molecular weight excluding hydrogens is 440 g/mol. The number of hydrogen-bond donors (Lipinski definition) is 1. The van der Waals surface area contributed by atoms with Gasteiger partial charge in [0.05, 0.1) is 5.69 Å². The largest absolute Gasteiger partial charge is 0.350 e. The lowest BCUT2D eigenvalue weighted by atomic mass is 10.1. The van der Waals surface area contributed by atoms with E-state index in [0.29, 0.717) is 16.3 Å². The van der Waals surface area contributed by atoms with Gasteiger partial charge in [0.15, 0.2) is 0 Å². The van der Waals surface area contributed by atoms with E-state index in [4.69, 9.17) is 0 Å². The van der Waals surface area contributed by atoms with Crippen molar-refractivity contribution in [3.63, 3.8) is 0 Å². The number of unbranched alkanes of at least 4 members (excludes halogenated alkanes) is 1. The normalized spacial score (nSPS) is 13.7. The number of nitrogens with zero attached hydrogens (tertiary/aromatic N) is 1. The standard InChI is InChI=1S/C29H30N2O2S/c1-4-6-7-22-12-16-24(17-13-22)31-28(32)26(30-23-14-10-21(5-2)11-15-23)27(29(31)33)34-25-18-8-20(3)9-19-25/h8-19,30H,4-7H2,1-3H3. The van der Waals surface area contributed by atoms with Crippen LogP contribution >= 0.6 is 11.8 Å². The zero-order valence-electron chi connectivity index (χ0n) is 19.9. The van der Waals surface area contributed by atoms with Gasteiger partial charge in [-0.05, 0) is 73.7 Å². The number of nitrogens with one attached hydrogen (secondary N) is 1. The van der Waals surface area contributed by atoms with Crippen molar-refractivity contribution in [3.05, 3.63) is 100 Å². The van der Waals surface area contributed by atoms with Gasteiger partial charge in [-0.1, -0.05) is 74.0 Å². The third-order valence-electron chi connectivity index (χ3n) is 5.93. The third kappa shape index (κ3) is 5.26. The first-order valence-electron chi connectivity index (χ1n) is 11.8. The Morgan fingerprint density at radius 2 is 1.44 bits per heavy atom. The van der Waals surface area contributed by atoms with Crippen molar-refractivity contribution in [2.45, 2.75) is 51.3 Å². The second kappa shape index (κ2) is 10.7. The minimum Gasteiger partial charge on any atom is -0.350 e. The van der Waals surface area contributed by atoms with Crippen molar-refractivity contribution in [2.24, 2.45) is 0 Å². The Labute approximate surface area is 206 Å². The lowest BCUT2D eigenvalue weighted by Gasteiger charge is -2.16. The molecule has 3 aromatic rings. The van der Waals surface area contributed by atoms with Gasteiger partial charge >= 0.3 is 0 Å². The summed E-state index contributed by atoms with van der Waals surface area (Å²) in [7, 11) is 0. The fourth-order valence-corrected chi connectivity index (χ4v) is 4.76. The van der Waals surface area contributed by atoms with Gasteiger partial charge in [0.25, 0.3) is 11.8 Å². The second-order valence-corrected chi connectivity index (χ2v) is 9.59. The molecule has 0 aromatic heterocycles. The van der Waals surface area contributed by atoms with Crippen LogP contribution in [0.3, 0.4) is 0 Å². The van der Waals surface area contributed by atoms with E-state index in [1.807, 2.05) is 79.7 Å². The number of benzene rings is 3. The molecule has 3 aromatic carbocycles. The Morgan fingerprint density at radius 1 is 0.794 bits per heavy atom. The van der Waals surface area contributed by atoms with Gasteiger partial charge in [-0.15, -0.1) is 0 Å². The molecule has 0 atom stereocenters. The van der Waals surface area contributed by atoms with E-state index in [9.17, 15) is 9.59 Å². The minimum atomic E-state index is -0.333. The molecule has 5 heteroatoms. The highest BCUT2D eigenvalue weighted by Gasteiger charge is 2.40. The summed E-state index contributed by atoms with van der Waals surface area (Å²) in [6, 6.07) is 23.7. The molecule has 0 fully saturated rings. The number of carbonyl (C=O) groups excluding carboxylic acids is 2. The van der Waals surface area contributed by atoms with E-state index in [1.165, 1.54) is 27.8 Å². The first-order valence-corrected chi connectivity index (χ1v) is 12.6. The zero-order chi connectivity index (χ0) is 24.1. The van der Waals surface area contributed by atoms with Crippen LogP contribution in [0.2, 0.25) is 0 Å². The first kappa shape index (κ1) is 23.8. The molecule has 1 N–H and O–H groups in total. The van der Waals surface area contributed by atoms with Crippen LogP contribution in [0.4, 0.5) is 11.4 Å². The van der Waals surface area contributed by atoms with Crippen LogP contribution in [0.15, 0.2) is 88.3 Å². The van der Waals surface area contributed by atoms with Crippen molar-refractivity contribution in [1.29, 1.82) is 0 Å². The van der Waals surface area contributed by atoms with Crippen LogP contribution in [0, 0.1) is 6.92 Å². The van der Waals surface area contributed by atoms with E-state index in [-0.39, 0.29) is 11.8 Å². The summed E-state index contributed by atoms with van der Waals surface area (Å²) in [5, 5.41) is 3.24. The number of amides is 2. The van der Waals surface area contributed by atoms with E-state index in [0.717, 1.165) is 41.8 Å². The fraction of sp³-hybridized carbons (Fsp3) is 0.241. The van der Waals surface area contributed by atoms with Crippen LogP contribution in [-0.2, 0) is 22.4 Å². The topological polar surface area (TPSA) is 49.4 Å². The summed E-state index contributed by atoms with van der Waals surface area (Å²) in [6.45, 7) is 6.29.